The maximum absolute atomic E-state index is 5.20. The summed E-state index contributed by atoms with van der Waals surface area (Å²) >= 11 is 1.82. The molecule has 0 amide bonds. The Balaban J connectivity index is 1.23. The second kappa shape index (κ2) is 9.84. The maximum atomic E-state index is 5.20. The molecule has 3 nitrogen and oxygen atoms in total. The van der Waals surface area contributed by atoms with Crippen LogP contribution < -0.4 is 5.32 Å². The summed E-state index contributed by atoms with van der Waals surface area (Å²) in [5.41, 5.74) is 5.58. The van der Waals surface area contributed by atoms with E-state index in [1.165, 1.54) is 42.1 Å². The Morgan fingerprint density at radius 3 is 2.10 bits per heavy atom. The van der Waals surface area contributed by atoms with Gasteiger partial charge in [-0.2, -0.15) is 0 Å². The van der Waals surface area contributed by atoms with Crippen LogP contribution in [-0.2, 0) is 0 Å². The standard InChI is InChI=1S/C37H25N3S/c1-2-10-26(11-3-1)35-38-36(27-20-17-25(18-21-27)29-22-19-24-9-4-5-12-28(24)23-29)40-37(39-35)31-14-8-16-33-34(31)30-13-6-7-15-32(30)41-33/h1-23,36H,(H,38,39,40). The Hall–Kier alpha value is -5.06. The molecule has 0 spiro atoms. The lowest BCUT2D eigenvalue weighted by molar-refractivity contribution is 0.756. The highest BCUT2D eigenvalue weighted by Crippen LogP contribution is 2.37. The molecule has 8 rings (SSSR count). The summed E-state index contributed by atoms with van der Waals surface area (Å²) in [5.74, 6) is 1.67. The molecule has 1 unspecified atom stereocenters. The minimum absolute atomic E-state index is 0.354. The Labute approximate surface area is 242 Å². The molecule has 2 heterocycles. The minimum Gasteiger partial charge on any atom is -0.324 e. The van der Waals surface area contributed by atoms with Gasteiger partial charge in [-0.25, -0.2) is 9.98 Å². The van der Waals surface area contributed by atoms with Crippen molar-refractivity contribution in [3.8, 4) is 11.1 Å². The van der Waals surface area contributed by atoms with Gasteiger partial charge in [0.1, 0.15) is 11.7 Å². The number of thiophene rings is 1. The van der Waals surface area contributed by atoms with Gasteiger partial charge in [-0.05, 0) is 45.7 Å². The second-order valence-corrected chi connectivity index (χ2v) is 11.4. The molecule has 6 aromatic carbocycles. The number of hydrogen-bond donors (Lipinski definition) is 1. The predicted molar refractivity (Wildman–Crippen MR) is 174 cm³/mol. The van der Waals surface area contributed by atoms with Gasteiger partial charge in [0.15, 0.2) is 6.17 Å². The molecule has 0 bridgehead atoms. The zero-order valence-electron chi connectivity index (χ0n) is 22.2. The van der Waals surface area contributed by atoms with Crippen LogP contribution in [0.4, 0.5) is 0 Å². The summed E-state index contributed by atoms with van der Waals surface area (Å²) in [6.45, 7) is 0. The summed E-state index contributed by atoms with van der Waals surface area (Å²) in [6.07, 6.45) is -0.354. The third kappa shape index (κ3) is 4.30. The fourth-order valence-electron chi connectivity index (χ4n) is 5.67. The Morgan fingerprint density at radius 1 is 0.512 bits per heavy atom. The molecule has 0 fully saturated rings. The van der Waals surface area contributed by atoms with Gasteiger partial charge in [-0.15, -0.1) is 11.3 Å². The number of nitrogens with one attached hydrogen (secondary N) is 1. The van der Waals surface area contributed by atoms with Crippen LogP contribution in [0.15, 0.2) is 150 Å². The van der Waals surface area contributed by atoms with Crippen LogP contribution in [0.3, 0.4) is 0 Å². The molecule has 0 saturated carbocycles. The second-order valence-electron chi connectivity index (χ2n) is 10.3. The van der Waals surface area contributed by atoms with Crippen molar-refractivity contribution in [2.45, 2.75) is 6.17 Å². The van der Waals surface area contributed by atoms with Gasteiger partial charge >= 0.3 is 0 Å². The van der Waals surface area contributed by atoms with E-state index in [0.717, 1.165) is 28.4 Å². The number of amidine groups is 2. The normalized spacial score (nSPS) is 15.1. The van der Waals surface area contributed by atoms with Crippen LogP contribution in [0.2, 0.25) is 0 Å². The smallest absolute Gasteiger partial charge is 0.169 e. The van der Waals surface area contributed by atoms with Crippen molar-refractivity contribution in [2.75, 3.05) is 0 Å². The number of rotatable bonds is 4. The van der Waals surface area contributed by atoms with Crippen molar-refractivity contribution >= 4 is 54.0 Å². The van der Waals surface area contributed by atoms with Crippen LogP contribution in [0, 0.1) is 0 Å². The molecular weight excluding hydrogens is 518 g/mol. The zero-order chi connectivity index (χ0) is 27.2. The highest BCUT2D eigenvalue weighted by molar-refractivity contribution is 7.25. The third-order valence-corrected chi connectivity index (χ3v) is 8.87. The molecule has 7 aromatic rings. The van der Waals surface area contributed by atoms with E-state index in [1.54, 1.807) is 0 Å². The Kier molecular flexibility index (Phi) is 5.71. The first kappa shape index (κ1) is 23.8. The van der Waals surface area contributed by atoms with Gasteiger partial charge < -0.3 is 5.32 Å². The van der Waals surface area contributed by atoms with E-state index in [4.69, 9.17) is 9.98 Å². The van der Waals surface area contributed by atoms with Crippen LogP contribution in [-0.4, -0.2) is 11.7 Å². The van der Waals surface area contributed by atoms with Crippen LogP contribution in [0.5, 0.6) is 0 Å². The van der Waals surface area contributed by atoms with Gasteiger partial charge in [0.2, 0.25) is 0 Å². The topological polar surface area (TPSA) is 36.8 Å². The van der Waals surface area contributed by atoms with Crippen molar-refractivity contribution in [1.29, 1.82) is 0 Å². The van der Waals surface area contributed by atoms with Crippen LogP contribution >= 0.6 is 11.3 Å². The zero-order valence-corrected chi connectivity index (χ0v) is 23.0. The van der Waals surface area contributed by atoms with Crippen LogP contribution in [0.1, 0.15) is 22.9 Å². The largest absolute Gasteiger partial charge is 0.324 e. The summed E-state index contributed by atoms with van der Waals surface area (Å²) in [4.78, 5) is 10.3. The van der Waals surface area contributed by atoms with E-state index in [-0.39, 0.29) is 6.17 Å². The van der Waals surface area contributed by atoms with Crippen molar-refractivity contribution in [3.63, 3.8) is 0 Å². The van der Waals surface area contributed by atoms with E-state index in [9.17, 15) is 0 Å². The average molecular weight is 544 g/mol. The number of aliphatic imine (C=N–C) groups is 2. The highest BCUT2D eigenvalue weighted by atomic mass is 32.1. The van der Waals surface area contributed by atoms with E-state index in [1.807, 2.05) is 29.5 Å². The molecule has 1 atom stereocenters. The average Bonchev–Trinajstić information content (AvgIpc) is 3.44. The van der Waals surface area contributed by atoms with Gasteiger partial charge in [0.25, 0.3) is 0 Å². The van der Waals surface area contributed by atoms with E-state index < -0.39 is 0 Å². The fourth-order valence-corrected chi connectivity index (χ4v) is 6.80. The monoisotopic (exact) mass is 543 g/mol. The first-order valence-corrected chi connectivity index (χ1v) is 14.6. The summed E-state index contributed by atoms with van der Waals surface area (Å²) in [5, 5.41) is 8.58. The van der Waals surface area contributed by atoms with Gasteiger partial charge in [0, 0.05) is 31.3 Å². The minimum atomic E-state index is -0.354. The fraction of sp³-hybridized carbons (Fsp3) is 0.0270. The first-order chi connectivity index (χ1) is 20.3. The Bertz CT molecular complexity index is 2120. The molecule has 0 saturated heterocycles. The van der Waals surface area contributed by atoms with E-state index in [0.29, 0.717) is 0 Å². The number of benzene rings is 6. The predicted octanol–water partition coefficient (Wildman–Crippen LogP) is 9.37. The lowest BCUT2D eigenvalue weighted by Crippen LogP contribution is -2.36. The maximum Gasteiger partial charge on any atom is 0.169 e. The molecule has 0 radical (unpaired) electrons. The Morgan fingerprint density at radius 2 is 1.22 bits per heavy atom. The summed E-state index contributed by atoms with van der Waals surface area (Å²) < 4.78 is 2.54. The third-order valence-electron chi connectivity index (χ3n) is 7.74. The number of fused-ring (bicyclic) bond motifs is 4. The summed E-state index contributed by atoms with van der Waals surface area (Å²) in [6, 6.07) is 49.2. The highest BCUT2D eigenvalue weighted by Gasteiger charge is 2.23. The number of hydrogen-bond acceptors (Lipinski definition) is 4. The van der Waals surface area contributed by atoms with Crippen LogP contribution in [0.25, 0.3) is 42.1 Å². The van der Waals surface area contributed by atoms with Crippen molar-refractivity contribution < 1.29 is 0 Å². The number of nitrogens with zero attached hydrogens (tertiary/aromatic N) is 2. The van der Waals surface area contributed by atoms with Gasteiger partial charge in [-0.1, -0.05) is 121 Å². The van der Waals surface area contributed by atoms with E-state index in [2.05, 4.69) is 127 Å². The molecule has 1 aromatic heterocycles. The molecule has 1 N–H and O–H groups in total. The lowest BCUT2D eigenvalue weighted by atomic mass is 9.99. The SMILES string of the molecule is c1ccc(C2=NC(c3ccc(-c4ccc5ccccc5c4)cc3)N=C(c3cccc4sc5ccccc5c34)N2)cc1. The summed E-state index contributed by atoms with van der Waals surface area (Å²) in [7, 11) is 0. The molecule has 1 aliphatic heterocycles. The quantitative estimate of drug-likeness (QED) is 0.236. The molecule has 1 aliphatic rings. The molecule has 4 heteroatoms. The molecule has 41 heavy (non-hydrogen) atoms. The van der Waals surface area contributed by atoms with Crippen molar-refractivity contribution in [2.24, 2.45) is 9.98 Å². The van der Waals surface area contributed by atoms with Crippen molar-refractivity contribution in [1.82, 2.24) is 5.32 Å². The first-order valence-electron chi connectivity index (χ1n) is 13.8. The van der Waals surface area contributed by atoms with Gasteiger partial charge in [0.05, 0.1) is 0 Å². The molecule has 0 aliphatic carbocycles. The van der Waals surface area contributed by atoms with Gasteiger partial charge in [-0.3, -0.25) is 0 Å². The van der Waals surface area contributed by atoms with E-state index >= 15 is 0 Å². The van der Waals surface area contributed by atoms with Crippen molar-refractivity contribution in [3.05, 3.63) is 156 Å². The molecule has 194 valence electrons. The molecular formula is C37H25N3S. The lowest BCUT2D eigenvalue weighted by Gasteiger charge is -2.23.